The smallest absolute Gasteiger partial charge is 0.101 e. The number of fused-ring (bicyclic) bond motifs is 2. The van der Waals surface area contributed by atoms with E-state index >= 15 is 0 Å². The Morgan fingerprint density at radius 2 is 0.811 bits per heavy atom. The molecule has 8 aromatic carbocycles. The molecule has 3 heteroatoms. The van der Waals surface area contributed by atoms with Gasteiger partial charge >= 0.3 is 0 Å². The van der Waals surface area contributed by atoms with Crippen LogP contribution in [0.5, 0.6) is 0 Å². The van der Waals surface area contributed by atoms with Crippen LogP contribution in [0.4, 0.5) is 34.1 Å². The molecule has 0 aliphatic carbocycles. The summed E-state index contributed by atoms with van der Waals surface area (Å²) in [5, 5.41) is 5.10. The van der Waals surface area contributed by atoms with Crippen LogP contribution in [0.3, 0.4) is 0 Å². The van der Waals surface area contributed by atoms with Gasteiger partial charge in [-0.05, 0) is 101 Å². The molecule has 0 aliphatic rings. The van der Waals surface area contributed by atoms with Gasteiger partial charge in [0.25, 0.3) is 0 Å². The topological polar surface area (TPSA) is 6.48 Å². The molecule has 0 aliphatic heterocycles. The lowest BCUT2D eigenvalue weighted by atomic mass is 9.95. The summed E-state index contributed by atoms with van der Waals surface area (Å²) in [6.07, 6.45) is 7.58. The van der Waals surface area contributed by atoms with Crippen LogP contribution >= 0.6 is 0 Å². The molecule has 53 heavy (non-hydrogen) atoms. The summed E-state index contributed by atoms with van der Waals surface area (Å²) in [6, 6.07) is 68.2. The molecule has 0 atom stereocenters. The van der Waals surface area contributed by atoms with Gasteiger partial charge in [-0.3, -0.25) is 0 Å². The first kappa shape index (κ1) is 34.1. The maximum Gasteiger partial charge on any atom is 0.101 e. The van der Waals surface area contributed by atoms with Crippen molar-refractivity contribution in [1.29, 1.82) is 0 Å². The highest BCUT2D eigenvalue weighted by Crippen LogP contribution is 2.42. The van der Waals surface area contributed by atoms with Crippen molar-refractivity contribution < 1.29 is 0 Å². The van der Waals surface area contributed by atoms with Gasteiger partial charge in [-0.15, -0.1) is 0 Å². The van der Waals surface area contributed by atoms with E-state index in [2.05, 4.69) is 206 Å². The van der Waals surface area contributed by atoms with Gasteiger partial charge in [0, 0.05) is 33.5 Å². The lowest BCUT2D eigenvalue weighted by Crippen LogP contribution is -2.11. The summed E-state index contributed by atoms with van der Waals surface area (Å²) in [5.41, 5.74) is 10.7. The Labute approximate surface area is 315 Å². The van der Waals surface area contributed by atoms with Gasteiger partial charge < -0.3 is 9.80 Å². The first-order valence-corrected chi connectivity index (χ1v) is 19.2. The molecule has 0 bridgehead atoms. The van der Waals surface area contributed by atoms with Crippen molar-refractivity contribution in [2.75, 3.05) is 9.80 Å². The van der Waals surface area contributed by atoms with Crippen molar-refractivity contribution in [2.24, 2.45) is 0 Å². The second-order valence-corrected chi connectivity index (χ2v) is 13.9. The summed E-state index contributed by atoms with van der Waals surface area (Å²) in [6.45, 7) is 0. The number of hydrogen-bond acceptors (Lipinski definition) is 2. The van der Waals surface area contributed by atoms with Gasteiger partial charge in [0.1, 0.15) is 7.85 Å². The van der Waals surface area contributed by atoms with Gasteiger partial charge in [-0.25, -0.2) is 0 Å². The number of aryl methyl sites for hydroxylation is 1. The minimum Gasteiger partial charge on any atom is -0.310 e. The molecule has 0 N–H and O–H groups in total. The average Bonchev–Trinajstić information content (AvgIpc) is 3.23. The number of unbranched alkanes of at least 4 members (excludes halogenated alkanes) is 3. The van der Waals surface area contributed by atoms with E-state index in [0.29, 0.717) is 0 Å². The Balaban J connectivity index is 1.12. The summed E-state index contributed by atoms with van der Waals surface area (Å²) in [5.74, 6) is 0. The summed E-state index contributed by atoms with van der Waals surface area (Å²) in [4.78, 5) is 4.76. The molecule has 0 aromatic heterocycles. The minimum atomic E-state index is 1.12. The molecule has 0 heterocycles. The Morgan fingerprint density at radius 3 is 1.42 bits per heavy atom. The third-order valence-electron chi connectivity index (χ3n) is 10.4. The van der Waals surface area contributed by atoms with E-state index in [9.17, 15) is 0 Å². The van der Waals surface area contributed by atoms with Gasteiger partial charge in [-0.1, -0.05) is 153 Å². The zero-order valence-electron chi connectivity index (χ0n) is 30.5. The van der Waals surface area contributed by atoms with Crippen LogP contribution in [0.2, 0.25) is 6.32 Å². The summed E-state index contributed by atoms with van der Waals surface area (Å²) >= 11 is 0. The molecule has 0 radical (unpaired) electrons. The maximum absolute atomic E-state index is 2.40. The third kappa shape index (κ3) is 7.34. The predicted molar refractivity (Wildman–Crippen MR) is 232 cm³/mol. The molecule has 8 aromatic rings. The third-order valence-corrected chi connectivity index (χ3v) is 10.4. The normalized spacial score (nSPS) is 11.2. The number of para-hydroxylation sites is 2. The first-order chi connectivity index (χ1) is 26.3. The fourth-order valence-corrected chi connectivity index (χ4v) is 7.70. The van der Waals surface area contributed by atoms with Gasteiger partial charge in [0.2, 0.25) is 0 Å². The van der Waals surface area contributed by atoms with Crippen molar-refractivity contribution in [3.63, 3.8) is 0 Å². The first-order valence-electron chi connectivity index (χ1n) is 19.2. The van der Waals surface area contributed by atoms with Crippen LogP contribution in [0.25, 0.3) is 32.7 Å². The van der Waals surface area contributed by atoms with E-state index in [1.165, 1.54) is 81.6 Å². The van der Waals surface area contributed by atoms with Crippen molar-refractivity contribution in [3.8, 4) is 11.1 Å². The van der Waals surface area contributed by atoms with Crippen LogP contribution in [0, 0.1) is 0 Å². The molecule has 0 fully saturated rings. The number of hydrogen-bond donors (Lipinski definition) is 0. The van der Waals surface area contributed by atoms with Crippen LogP contribution < -0.4 is 9.80 Å². The highest BCUT2D eigenvalue weighted by atomic mass is 15.1. The standard InChI is InChI=1S/C50H45BN2/c51-37-14-2-1-5-16-41-31-36-50(48-25-13-12-23-46(41)48)53(43-21-8-4-9-22-43)45-34-29-39(30-35-45)38-27-32-44(33-28-38)52(42-19-6-3-7-20-42)49-26-15-18-40-17-10-11-24-47(40)49/h3-4,6-13,15,17-36H,1-2,5,14,16,37,51H2. The van der Waals surface area contributed by atoms with Crippen LogP contribution in [0.15, 0.2) is 188 Å². The highest BCUT2D eigenvalue weighted by molar-refractivity contribution is 6.08. The Hall–Kier alpha value is -6.06. The van der Waals surface area contributed by atoms with Crippen molar-refractivity contribution in [1.82, 2.24) is 0 Å². The highest BCUT2D eigenvalue weighted by Gasteiger charge is 2.18. The minimum absolute atomic E-state index is 1.12. The number of anilines is 6. The maximum atomic E-state index is 2.40. The van der Waals surface area contributed by atoms with E-state index in [0.717, 1.165) is 29.2 Å². The fourth-order valence-electron chi connectivity index (χ4n) is 7.70. The molecule has 0 saturated carbocycles. The lowest BCUT2D eigenvalue weighted by molar-refractivity contribution is 0.668. The molecule has 0 saturated heterocycles. The summed E-state index contributed by atoms with van der Waals surface area (Å²) < 4.78 is 0. The largest absolute Gasteiger partial charge is 0.310 e. The quantitative estimate of drug-likeness (QED) is 0.0881. The molecular weight excluding hydrogens is 639 g/mol. The van der Waals surface area contributed by atoms with E-state index in [1.807, 2.05) is 0 Å². The zero-order valence-corrected chi connectivity index (χ0v) is 30.5. The van der Waals surface area contributed by atoms with Crippen LogP contribution in [-0.2, 0) is 6.42 Å². The number of benzene rings is 8. The molecule has 0 unspecified atom stereocenters. The van der Waals surface area contributed by atoms with Crippen LogP contribution in [0.1, 0.15) is 31.2 Å². The molecular formula is C50H45BN2. The summed E-state index contributed by atoms with van der Waals surface area (Å²) in [7, 11) is 2.28. The van der Waals surface area contributed by atoms with E-state index in [4.69, 9.17) is 0 Å². The Kier molecular flexibility index (Phi) is 10.3. The van der Waals surface area contributed by atoms with Crippen molar-refractivity contribution >= 4 is 63.5 Å². The van der Waals surface area contributed by atoms with Gasteiger partial charge in [-0.2, -0.15) is 0 Å². The number of rotatable bonds is 13. The molecule has 8 rings (SSSR count). The SMILES string of the molecule is BCCCCCCc1ccc(N(c2ccccc2)c2ccc(-c3ccc(N(c4ccccc4)c4cccc5ccccc45)cc3)cc2)c2ccccc12. The Morgan fingerprint density at radius 1 is 0.340 bits per heavy atom. The predicted octanol–water partition coefficient (Wildman–Crippen LogP) is 13.8. The van der Waals surface area contributed by atoms with Crippen molar-refractivity contribution in [3.05, 3.63) is 194 Å². The van der Waals surface area contributed by atoms with Crippen LogP contribution in [-0.4, -0.2) is 7.85 Å². The zero-order chi connectivity index (χ0) is 35.8. The van der Waals surface area contributed by atoms with Gasteiger partial charge in [0.05, 0.1) is 11.4 Å². The van der Waals surface area contributed by atoms with E-state index < -0.39 is 0 Å². The average molecular weight is 685 g/mol. The monoisotopic (exact) mass is 684 g/mol. The molecule has 2 nitrogen and oxygen atoms in total. The molecule has 0 spiro atoms. The second kappa shape index (κ2) is 16.1. The lowest BCUT2D eigenvalue weighted by Gasteiger charge is -2.28. The second-order valence-electron chi connectivity index (χ2n) is 13.9. The van der Waals surface area contributed by atoms with Crippen molar-refractivity contribution in [2.45, 2.75) is 38.4 Å². The Bertz CT molecular complexity index is 2400. The molecule has 0 amide bonds. The molecule has 258 valence electrons. The van der Waals surface area contributed by atoms with Gasteiger partial charge in [0.15, 0.2) is 0 Å². The van der Waals surface area contributed by atoms with E-state index in [1.54, 1.807) is 0 Å². The van der Waals surface area contributed by atoms with E-state index in [-0.39, 0.29) is 0 Å². The fraction of sp³-hybridized carbons (Fsp3) is 0.120. The number of nitrogens with zero attached hydrogens (tertiary/aromatic N) is 2.